The molecule has 4 nitrogen and oxygen atoms in total. The molecule has 0 radical (unpaired) electrons. The number of hydrogen-bond acceptors (Lipinski definition) is 2. The normalized spacial score (nSPS) is 12.4. The van der Waals surface area contributed by atoms with Gasteiger partial charge in [-0.25, -0.2) is 4.79 Å². The summed E-state index contributed by atoms with van der Waals surface area (Å²) in [5.74, 6) is 0.187. The smallest absolute Gasteiger partial charge is 0.404 e. The summed E-state index contributed by atoms with van der Waals surface area (Å²) in [5, 5.41) is 11.1. The molecule has 1 amide bonds. The molecule has 0 aromatic heterocycles. The van der Waals surface area contributed by atoms with Crippen LogP contribution in [0.3, 0.4) is 0 Å². The highest BCUT2D eigenvalue weighted by atomic mass is 16.4. The van der Waals surface area contributed by atoms with Gasteiger partial charge in [-0.3, -0.25) is 0 Å². The molecule has 1 rings (SSSR count). The van der Waals surface area contributed by atoms with Gasteiger partial charge in [0.05, 0.1) is 0 Å². The van der Waals surface area contributed by atoms with Gasteiger partial charge in [-0.2, -0.15) is 0 Å². The summed E-state index contributed by atoms with van der Waals surface area (Å²) in [5.41, 5.74) is 1.16. The number of nitrogens with one attached hydrogen (secondary N) is 1. The predicted octanol–water partition coefficient (Wildman–Crippen LogP) is 1.60. The van der Waals surface area contributed by atoms with E-state index in [9.17, 15) is 4.79 Å². The second-order valence-electron chi connectivity index (χ2n) is 4.06. The fourth-order valence-corrected chi connectivity index (χ4v) is 1.66. The first-order valence-electron chi connectivity index (χ1n) is 5.26. The Hall–Kier alpha value is -1.55. The number of carbonyl (C=O) groups is 1. The Kier molecular flexibility index (Phi) is 4.79. The van der Waals surface area contributed by atoms with Gasteiger partial charge in [0.1, 0.15) is 0 Å². The zero-order valence-corrected chi connectivity index (χ0v) is 9.68. The lowest BCUT2D eigenvalue weighted by Crippen LogP contribution is -2.32. The highest BCUT2D eigenvalue weighted by molar-refractivity contribution is 5.64. The minimum atomic E-state index is -0.973. The van der Waals surface area contributed by atoms with Gasteiger partial charge in [-0.05, 0) is 19.7 Å². The van der Waals surface area contributed by atoms with Crippen molar-refractivity contribution >= 4 is 6.09 Å². The molecule has 2 N–H and O–H groups in total. The van der Waals surface area contributed by atoms with Crippen LogP contribution in [0.5, 0.6) is 0 Å². The molecule has 0 saturated heterocycles. The molecule has 1 aromatic rings. The monoisotopic (exact) mass is 222 g/mol. The maximum absolute atomic E-state index is 10.5. The highest BCUT2D eigenvalue weighted by Gasteiger charge is 2.13. The summed E-state index contributed by atoms with van der Waals surface area (Å²) < 4.78 is 0. The van der Waals surface area contributed by atoms with E-state index < -0.39 is 6.09 Å². The van der Waals surface area contributed by atoms with E-state index in [2.05, 4.69) is 10.2 Å². The van der Waals surface area contributed by atoms with Crippen molar-refractivity contribution in [3.63, 3.8) is 0 Å². The van der Waals surface area contributed by atoms with Crippen molar-refractivity contribution < 1.29 is 9.90 Å². The number of hydrogen-bond donors (Lipinski definition) is 2. The number of rotatable bonds is 5. The Morgan fingerprint density at radius 2 is 2.00 bits per heavy atom. The maximum Gasteiger partial charge on any atom is 0.404 e. The van der Waals surface area contributed by atoms with Crippen LogP contribution in [0.15, 0.2) is 30.3 Å². The van der Waals surface area contributed by atoms with Crippen molar-refractivity contribution in [2.75, 3.05) is 27.2 Å². The average Bonchev–Trinajstić information content (AvgIpc) is 2.25. The molecule has 16 heavy (non-hydrogen) atoms. The third-order valence-corrected chi connectivity index (χ3v) is 2.36. The number of nitrogens with zero attached hydrogens (tertiary/aromatic N) is 1. The minimum absolute atomic E-state index is 0.187. The van der Waals surface area contributed by atoms with E-state index in [1.807, 2.05) is 44.4 Å². The predicted molar refractivity (Wildman–Crippen MR) is 63.8 cm³/mol. The van der Waals surface area contributed by atoms with E-state index in [0.29, 0.717) is 6.54 Å². The number of benzene rings is 1. The van der Waals surface area contributed by atoms with Crippen molar-refractivity contribution in [1.82, 2.24) is 10.2 Å². The Balaban J connectivity index is 2.67. The van der Waals surface area contributed by atoms with E-state index >= 15 is 0 Å². The van der Waals surface area contributed by atoms with E-state index in [4.69, 9.17) is 5.11 Å². The molecule has 0 fully saturated rings. The molecule has 4 heteroatoms. The summed E-state index contributed by atoms with van der Waals surface area (Å²) in [6, 6.07) is 9.95. The van der Waals surface area contributed by atoms with Crippen LogP contribution in [0.2, 0.25) is 0 Å². The van der Waals surface area contributed by atoms with Crippen LogP contribution >= 0.6 is 0 Å². The third-order valence-electron chi connectivity index (χ3n) is 2.36. The van der Waals surface area contributed by atoms with Crippen LogP contribution in [0.4, 0.5) is 4.79 Å². The summed E-state index contributed by atoms with van der Waals surface area (Å²) in [6.45, 7) is 1.27. The standard InChI is InChI=1S/C12H18N2O2/c1-14(2)9-11(8-13-12(15)16)10-6-4-3-5-7-10/h3-7,11,13H,8-9H2,1-2H3,(H,15,16). The Bertz CT molecular complexity index is 325. The topological polar surface area (TPSA) is 52.6 Å². The van der Waals surface area contributed by atoms with Gasteiger partial charge in [0.15, 0.2) is 0 Å². The van der Waals surface area contributed by atoms with E-state index in [1.54, 1.807) is 0 Å². The molecule has 0 saturated carbocycles. The van der Waals surface area contributed by atoms with Crippen LogP contribution < -0.4 is 5.32 Å². The lowest BCUT2D eigenvalue weighted by atomic mass is 9.99. The van der Waals surface area contributed by atoms with Gasteiger partial charge < -0.3 is 15.3 Å². The zero-order valence-electron chi connectivity index (χ0n) is 9.68. The summed E-state index contributed by atoms with van der Waals surface area (Å²) in [6.07, 6.45) is -0.973. The molecular weight excluding hydrogens is 204 g/mol. The fraction of sp³-hybridized carbons (Fsp3) is 0.417. The van der Waals surface area contributed by atoms with Gasteiger partial charge in [0, 0.05) is 19.0 Å². The van der Waals surface area contributed by atoms with Crippen LogP contribution in [0, 0.1) is 0 Å². The molecule has 1 unspecified atom stereocenters. The summed E-state index contributed by atoms with van der Waals surface area (Å²) >= 11 is 0. The number of likely N-dealkylation sites (N-methyl/N-ethyl adjacent to an activating group) is 1. The lowest BCUT2D eigenvalue weighted by molar-refractivity contribution is 0.193. The number of amides is 1. The molecule has 0 aliphatic carbocycles. The first-order valence-corrected chi connectivity index (χ1v) is 5.26. The molecular formula is C12H18N2O2. The SMILES string of the molecule is CN(C)CC(CNC(=O)O)c1ccccc1. The van der Waals surface area contributed by atoms with Crippen molar-refractivity contribution in [1.29, 1.82) is 0 Å². The van der Waals surface area contributed by atoms with Gasteiger partial charge >= 0.3 is 6.09 Å². The van der Waals surface area contributed by atoms with Gasteiger partial charge in [-0.1, -0.05) is 30.3 Å². The quantitative estimate of drug-likeness (QED) is 0.795. The van der Waals surface area contributed by atoms with Gasteiger partial charge in [0.2, 0.25) is 0 Å². The summed E-state index contributed by atoms with van der Waals surface area (Å²) in [7, 11) is 3.97. The number of carboxylic acid groups (broad SMARTS) is 1. The van der Waals surface area contributed by atoms with Crippen LogP contribution in [-0.2, 0) is 0 Å². The van der Waals surface area contributed by atoms with Crippen molar-refractivity contribution in [2.45, 2.75) is 5.92 Å². The maximum atomic E-state index is 10.5. The van der Waals surface area contributed by atoms with E-state index in [-0.39, 0.29) is 5.92 Å². The van der Waals surface area contributed by atoms with Gasteiger partial charge in [-0.15, -0.1) is 0 Å². The third kappa shape index (κ3) is 4.31. The second-order valence-corrected chi connectivity index (χ2v) is 4.06. The molecule has 0 aliphatic heterocycles. The largest absolute Gasteiger partial charge is 0.465 e. The Labute approximate surface area is 95.9 Å². The van der Waals surface area contributed by atoms with Crippen molar-refractivity contribution in [2.24, 2.45) is 0 Å². The Morgan fingerprint density at radius 3 is 2.50 bits per heavy atom. The first kappa shape index (κ1) is 12.5. The zero-order chi connectivity index (χ0) is 12.0. The van der Waals surface area contributed by atoms with Crippen molar-refractivity contribution in [3.05, 3.63) is 35.9 Å². The second kappa shape index (κ2) is 6.12. The molecule has 0 bridgehead atoms. The minimum Gasteiger partial charge on any atom is -0.465 e. The van der Waals surface area contributed by atoms with Gasteiger partial charge in [0.25, 0.3) is 0 Å². The molecule has 1 aromatic carbocycles. The molecule has 0 spiro atoms. The van der Waals surface area contributed by atoms with Crippen LogP contribution in [0.1, 0.15) is 11.5 Å². The van der Waals surface area contributed by atoms with Crippen molar-refractivity contribution in [3.8, 4) is 0 Å². The molecule has 0 heterocycles. The average molecular weight is 222 g/mol. The fourth-order valence-electron chi connectivity index (χ4n) is 1.66. The Morgan fingerprint density at radius 1 is 1.38 bits per heavy atom. The molecule has 1 atom stereocenters. The lowest BCUT2D eigenvalue weighted by Gasteiger charge is -2.21. The van der Waals surface area contributed by atoms with E-state index in [1.165, 1.54) is 0 Å². The van der Waals surface area contributed by atoms with Crippen LogP contribution in [0.25, 0.3) is 0 Å². The summed E-state index contributed by atoms with van der Waals surface area (Å²) in [4.78, 5) is 12.6. The van der Waals surface area contributed by atoms with E-state index in [0.717, 1.165) is 12.1 Å². The van der Waals surface area contributed by atoms with Crippen LogP contribution in [-0.4, -0.2) is 43.3 Å². The molecule has 0 aliphatic rings. The highest BCUT2D eigenvalue weighted by Crippen LogP contribution is 2.15. The molecule has 88 valence electrons. The first-order chi connectivity index (χ1) is 7.59.